The Labute approximate surface area is 95.5 Å². The summed E-state index contributed by atoms with van der Waals surface area (Å²) in [4.78, 5) is 0. The smallest absolute Gasteiger partial charge is 0.381 e. The lowest BCUT2D eigenvalue weighted by Gasteiger charge is -2.08. The molecule has 0 aliphatic rings. The minimum Gasteiger partial charge on any atom is -0.381 e. The number of hydrogen-bond donors (Lipinski definition) is 1. The molecular weight excluding hydrogens is 219 g/mol. The molecule has 5 heteroatoms. The van der Waals surface area contributed by atoms with Crippen molar-refractivity contribution in [3.8, 4) is 0 Å². The van der Waals surface area contributed by atoms with Crippen molar-refractivity contribution in [2.45, 2.75) is 39.3 Å². The minimum absolute atomic E-state index is 0.219. The van der Waals surface area contributed by atoms with Crippen molar-refractivity contribution in [2.75, 3.05) is 26.3 Å². The predicted octanol–water partition coefficient (Wildman–Crippen LogP) is 2.98. The van der Waals surface area contributed by atoms with Gasteiger partial charge in [0.05, 0.1) is 13.0 Å². The second-order valence-corrected chi connectivity index (χ2v) is 4.28. The summed E-state index contributed by atoms with van der Waals surface area (Å²) in [5.41, 5.74) is 0. The lowest BCUT2D eigenvalue weighted by atomic mass is 10.2. The van der Waals surface area contributed by atoms with E-state index in [-0.39, 0.29) is 6.61 Å². The Balaban J connectivity index is 3.05. The van der Waals surface area contributed by atoms with Gasteiger partial charge < -0.3 is 10.1 Å². The van der Waals surface area contributed by atoms with Gasteiger partial charge in [0.15, 0.2) is 0 Å². The Hall–Kier alpha value is -0.290. The largest absolute Gasteiger partial charge is 0.391 e. The van der Waals surface area contributed by atoms with Crippen molar-refractivity contribution in [2.24, 2.45) is 5.92 Å². The zero-order valence-electron chi connectivity index (χ0n) is 10.1. The molecule has 0 aliphatic carbocycles. The minimum atomic E-state index is -4.10. The van der Waals surface area contributed by atoms with Crippen molar-refractivity contribution < 1.29 is 17.9 Å². The van der Waals surface area contributed by atoms with Crippen LogP contribution >= 0.6 is 0 Å². The van der Waals surface area contributed by atoms with E-state index in [1.165, 1.54) is 0 Å². The third-order valence-electron chi connectivity index (χ3n) is 1.97. The van der Waals surface area contributed by atoms with Gasteiger partial charge in [0.2, 0.25) is 0 Å². The van der Waals surface area contributed by atoms with E-state index in [0.717, 1.165) is 25.9 Å². The van der Waals surface area contributed by atoms with Crippen molar-refractivity contribution >= 4 is 0 Å². The molecule has 0 spiro atoms. The molecule has 0 aromatic rings. The van der Waals surface area contributed by atoms with Gasteiger partial charge in [-0.05, 0) is 31.8 Å². The molecule has 0 amide bonds. The van der Waals surface area contributed by atoms with Crippen LogP contribution in [-0.2, 0) is 4.74 Å². The highest BCUT2D eigenvalue weighted by molar-refractivity contribution is 4.52. The van der Waals surface area contributed by atoms with Crippen LogP contribution in [0.25, 0.3) is 0 Å². The van der Waals surface area contributed by atoms with Crippen molar-refractivity contribution in [3.63, 3.8) is 0 Å². The topological polar surface area (TPSA) is 21.3 Å². The molecule has 0 aliphatic heterocycles. The molecule has 0 heterocycles. The maximum absolute atomic E-state index is 11.7. The second kappa shape index (κ2) is 8.82. The van der Waals surface area contributed by atoms with Crippen molar-refractivity contribution in [3.05, 3.63) is 0 Å². The van der Waals surface area contributed by atoms with Crippen LogP contribution in [0.5, 0.6) is 0 Å². The van der Waals surface area contributed by atoms with Gasteiger partial charge in [0.1, 0.15) is 0 Å². The zero-order chi connectivity index (χ0) is 12.4. The highest BCUT2D eigenvalue weighted by atomic mass is 19.4. The van der Waals surface area contributed by atoms with E-state index in [4.69, 9.17) is 4.74 Å². The molecular formula is C11H22F3NO. The molecule has 0 atom stereocenters. The Kier molecular flexibility index (Phi) is 8.66. The normalized spacial score (nSPS) is 12.4. The maximum Gasteiger partial charge on any atom is 0.391 e. The van der Waals surface area contributed by atoms with E-state index >= 15 is 0 Å². The first-order valence-electron chi connectivity index (χ1n) is 5.77. The van der Waals surface area contributed by atoms with E-state index in [2.05, 4.69) is 19.2 Å². The molecule has 16 heavy (non-hydrogen) atoms. The number of halogens is 3. The summed E-state index contributed by atoms with van der Waals surface area (Å²) in [6.45, 7) is 6.35. The molecule has 0 saturated heterocycles. The molecule has 0 aromatic carbocycles. The van der Waals surface area contributed by atoms with Gasteiger partial charge in [-0.1, -0.05) is 13.8 Å². The molecule has 98 valence electrons. The standard InChI is InChI=1S/C11H22F3NO/c1-10(2)9-15-6-3-4-7-16-8-5-11(12,13)14/h10,15H,3-9H2,1-2H3. The van der Waals surface area contributed by atoms with Crippen LogP contribution in [0.15, 0.2) is 0 Å². The van der Waals surface area contributed by atoms with E-state index in [1.807, 2.05) is 0 Å². The molecule has 2 nitrogen and oxygen atoms in total. The van der Waals surface area contributed by atoms with Gasteiger partial charge in [-0.3, -0.25) is 0 Å². The van der Waals surface area contributed by atoms with Crippen molar-refractivity contribution in [1.82, 2.24) is 5.32 Å². The van der Waals surface area contributed by atoms with Gasteiger partial charge >= 0.3 is 6.18 Å². The van der Waals surface area contributed by atoms with E-state index in [9.17, 15) is 13.2 Å². The summed E-state index contributed by atoms with van der Waals surface area (Å²) < 4.78 is 40.0. The molecule has 0 aromatic heterocycles. The van der Waals surface area contributed by atoms with Crippen LogP contribution in [0, 0.1) is 5.92 Å². The van der Waals surface area contributed by atoms with Crippen LogP contribution in [-0.4, -0.2) is 32.5 Å². The third-order valence-corrected chi connectivity index (χ3v) is 1.97. The van der Waals surface area contributed by atoms with Gasteiger partial charge in [0, 0.05) is 6.61 Å². The second-order valence-electron chi connectivity index (χ2n) is 4.28. The number of nitrogens with one attached hydrogen (secondary N) is 1. The zero-order valence-corrected chi connectivity index (χ0v) is 10.1. The molecule has 0 bridgehead atoms. The van der Waals surface area contributed by atoms with Crippen LogP contribution in [0.2, 0.25) is 0 Å². The number of unbranched alkanes of at least 4 members (excludes halogenated alkanes) is 1. The number of hydrogen-bond acceptors (Lipinski definition) is 2. The first-order chi connectivity index (χ1) is 7.42. The molecule has 0 rings (SSSR count). The predicted molar refractivity (Wildman–Crippen MR) is 58.4 cm³/mol. The summed E-state index contributed by atoms with van der Waals surface area (Å²) in [5.74, 6) is 0.628. The summed E-state index contributed by atoms with van der Waals surface area (Å²) in [7, 11) is 0. The Morgan fingerprint density at radius 2 is 1.81 bits per heavy atom. The van der Waals surface area contributed by atoms with Crippen LogP contribution in [0.3, 0.4) is 0 Å². The fourth-order valence-electron chi connectivity index (χ4n) is 1.13. The van der Waals surface area contributed by atoms with Crippen molar-refractivity contribution in [1.29, 1.82) is 0 Å². The highest BCUT2D eigenvalue weighted by Crippen LogP contribution is 2.18. The Bertz CT molecular complexity index is 160. The Morgan fingerprint density at radius 3 is 2.38 bits per heavy atom. The van der Waals surface area contributed by atoms with Gasteiger partial charge in [-0.15, -0.1) is 0 Å². The lowest BCUT2D eigenvalue weighted by molar-refractivity contribution is -0.145. The Morgan fingerprint density at radius 1 is 1.12 bits per heavy atom. The van der Waals surface area contributed by atoms with Crippen LogP contribution in [0.1, 0.15) is 33.1 Å². The van der Waals surface area contributed by atoms with E-state index in [1.54, 1.807) is 0 Å². The number of alkyl halides is 3. The summed E-state index contributed by atoms with van der Waals surface area (Å²) >= 11 is 0. The average Bonchev–Trinajstić information content (AvgIpc) is 2.13. The van der Waals surface area contributed by atoms with Crippen LogP contribution in [0.4, 0.5) is 13.2 Å². The molecule has 0 saturated carbocycles. The fourth-order valence-corrected chi connectivity index (χ4v) is 1.13. The third kappa shape index (κ3) is 13.7. The fraction of sp³-hybridized carbons (Fsp3) is 1.00. The summed E-state index contributed by atoms with van der Waals surface area (Å²) in [6.07, 6.45) is -3.20. The first-order valence-corrected chi connectivity index (χ1v) is 5.77. The molecule has 0 unspecified atom stereocenters. The van der Waals surface area contributed by atoms with E-state index in [0.29, 0.717) is 12.5 Å². The molecule has 0 radical (unpaired) electrons. The maximum atomic E-state index is 11.7. The van der Waals surface area contributed by atoms with Gasteiger partial charge in [-0.25, -0.2) is 0 Å². The molecule has 0 fully saturated rings. The van der Waals surface area contributed by atoms with Gasteiger partial charge in [-0.2, -0.15) is 13.2 Å². The highest BCUT2D eigenvalue weighted by Gasteiger charge is 2.26. The first kappa shape index (κ1) is 15.7. The van der Waals surface area contributed by atoms with E-state index < -0.39 is 12.6 Å². The average molecular weight is 241 g/mol. The number of rotatable bonds is 9. The monoisotopic (exact) mass is 241 g/mol. The van der Waals surface area contributed by atoms with Gasteiger partial charge in [0.25, 0.3) is 0 Å². The molecule has 1 N–H and O–H groups in total. The quantitative estimate of drug-likeness (QED) is 0.627. The summed E-state index contributed by atoms with van der Waals surface area (Å²) in [5, 5.41) is 3.26. The lowest BCUT2D eigenvalue weighted by Crippen LogP contribution is -2.21. The number of ether oxygens (including phenoxy) is 1. The summed E-state index contributed by atoms with van der Waals surface area (Å²) in [6, 6.07) is 0. The SMILES string of the molecule is CC(C)CNCCCCOCCC(F)(F)F. The van der Waals surface area contributed by atoms with Crippen LogP contribution < -0.4 is 5.32 Å².